The molecule has 0 saturated heterocycles. The summed E-state index contributed by atoms with van der Waals surface area (Å²) < 4.78 is 51.3. The lowest BCUT2D eigenvalue weighted by Crippen LogP contribution is -2.09. The van der Waals surface area contributed by atoms with Crippen molar-refractivity contribution in [3.63, 3.8) is 0 Å². The molecule has 0 fully saturated rings. The lowest BCUT2D eigenvalue weighted by atomic mass is 10.1. The summed E-state index contributed by atoms with van der Waals surface area (Å²) in [7, 11) is 0. The molecule has 2 aromatic rings. The Kier molecular flexibility index (Phi) is 3.22. The summed E-state index contributed by atoms with van der Waals surface area (Å²) >= 11 is 1.07. The second-order valence-corrected chi connectivity index (χ2v) is 4.21. The maximum atomic E-state index is 13.8. The van der Waals surface area contributed by atoms with Crippen molar-refractivity contribution in [3.8, 4) is 11.3 Å². The molecule has 96 valence electrons. The normalized spacial score (nSPS) is 11.6. The predicted molar refractivity (Wildman–Crippen MR) is 60.3 cm³/mol. The number of thiazole rings is 1. The summed E-state index contributed by atoms with van der Waals surface area (Å²) in [5, 5.41) is 1.72. The van der Waals surface area contributed by atoms with Gasteiger partial charge in [0.15, 0.2) is 5.13 Å². The van der Waals surface area contributed by atoms with Crippen molar-refractivity contribution in [2.45, 2.75) is 6.18 Å². The number of halogens is 4. The molecule has 1 aromatic carbocycles. The van der Waals surface area contributed by atoms with Crippen molar-refractivity contribution >= 4 is 16.5 Å². The molecule has 3 nitrogen and oxygen atoms in total. The largest absolute Gasteiger partial charge is 0.419 e. The standard InChI is InChI=1S/C10H7F4N3S/c11-8-5(7-4-18-9(16-7)17-15)2-1-3-6(8)10(12,13)14/h1-4H,15H2,(H,16,17). The molecule has 18 heavy (non-hydrogen) atoms. The minimum atomic E-state index is -4.73. The summed E-state index contributed by atoms with van der Waals surface area (Å²) in [5.41, 5.74) is 0.836. The monoisotopic (exact) mass is 277 g/mol. The third kappa shape index (κ3) is 2.29. The van der Waals surface area contributed by atoms with E-state index in [0.29, 0.717) is 11.2 Å². The lowest BCUT2D eigenvalue weighted by Gasteiger charge is -2.09. The second-order valence-electron chi connectivity index (χ2n) is 3.35. The van der Waals surface area contributed by atoms with Crippen LogP contribution in [0, 0.1) is 5.82 Å². The molecule has 3 N–H and O–H groups in total. The number of hydrazine groups is 1. The van der Waals surface area contributed by atoms with E-state index in [-0.39, 0.29) is 11.3 Å². The minimum absolute atomic E-state index is 0.108. The Morgan fingerprint density at radius 2 is 2.00 bits per heavy atom. The Morgan fingerprint density at radius 3 is 2.56 bits per heavy atom. The van der Waals surface area contributed by atoms with Gasteiger partial charge in [-0.15, -0.1) is 11.3 Å². The number of anilines is 1. The number of alkyl halides is 3. The average molecular weight is 277 g/mol. The van der Waals surface area contributed by atoms with Crippen molar-refractivity contribution in [2.75, 3.05) is 5.43 Å². The van der Waals surface area contributed by atoms with Crippen LogP contribution in [0.25, 0.3) is 11.3 Å². The van der Waals surface area contributed by atoms with Gasteiger partial charge in [0.05, 0.1) is 11.3 Å². The van der Waals surface area contributed by atoms with Crippen LogP contribution in [0.1, 0.15) is 5.56 Å². The lowest BCUT2D eigenvalue weighted by molar-refractivity contribution is -0.139. The van der Waals surface area contributed by atoms with Crippen molar-refractivity contribution in [3.05, 3.63) is 35.0 Å². The molecule has 0 radical (unpaired) electrons. The van der Waals surface area contributed by atoms with Crippen LogP contribution in [-0.2, 0) is 6.18 Å². The third-order valence-corrected chi connectivity index (χ3v) is 2.98. The first-order valence-corrected chi connectivity index (χ1v) is 5.59. The molecule has 0 aliphatic rings. The third-order valence-electron chi connectivity index (χ3n) is 2.21. The minimum Gasteiger partial charge on any atom is -0.300 e. The van der Waals surface area contributed by atoms with Gasteiger partial charge in [0.2, 0.25) is 0 Å². The van der Waals surface area contributed by atoms with Crippen molar-refractivity contribution in [1.29, 1.82) is 0 Å². The molecule has 0 aliphatic carbocycles. The van der Waals surface area contributed by atoms with Gasteiger partial charge in [0.25, 0.3) is 0 Å². The molecule has 8 heteroatoms. The van der Waals surface area contributed by atoms with Crippen LogP contribution in [0.4, 0.5) is 22.7 Å². The molecule has 0 atom stereocenters. The van der Waals surface area contributed by atoms with Crippen LogP contribution >= 0.6 is 11.3 Å². The summed E-state index contributed by atoms with van der Waals surface area (Å²) in [6.45, 7) is 0. The number of nitrogens with one attached hydrogen (secondary N) is 1. The molecule has 0 saturated carbocycles. The van der Waals surface area contributed by atoms with Crippen molar-refractivity contribution < 1.29 is 17.6 Å². The number of nitrogens with two attached hydrogens (primary N) is 1. The van der Waals surface area contributed by atoms with Crippen LogP contribution in [0.5, 0.6) is 0 Å². The maximum absolute atomic E-state index is 13.8. The summed E-state index contributed by atoms with van der Waals surface area (Å²) in [6.07, 6.45) is -4.73. The molecule has 1 aromatic heterocycles. The number of aromatic nitrogens is 1. The van der Waals surface area contributed by atoms with Gasteiger partial charge in [-0.3, -0.25) is 5.43 Å². The molecule has 0 bridgehead atoms. The van der Waals surface area contributed by atoms with E-state index < -0.39 is 17.6 Å². The van der Waals surface area contributed by atoms with E-state index in [9.17, 15) is 17.6 Å². The number of benzene rings is 1. The maximum Gasteiger partial charge on any atom is 0.419 e. The van der Waals surface area contributed by atoms with Crippen LogP contribution in [0.15, 0.2) is 23.6 Å². The highest BCUT2D eigenvalue weighted by Crippen LogP contribution is 2.36. The van der Waals surface area contributed by atoms with E-state index in [2.05, 4.69) is 10.4 Å². The van der Waals surface area contributed by atoms with Gasteiger partial charge >= 0.3 is 6.18 Å². The zero-order valence-corrected chi connectivity index (χ0v) is 9.57. The molecule has 0 aliphatic heterocycles. The van der Waals surface area contributed by atoms with E-state index >= 15 is 0 Å². The second kappa shape index (κ2) is 4.54. The van der Waals surface area contributed by atoms with Gasteiger partial charge in [0.1, 0.15) is 5.82 Å². The SMILES string of the molecule is NNc1nc(-c2cccc(C(F)(F)F)c2F)cs1. The smallest absolute Gasteiger partial charge is 0.300 e. The van der Waals surface area contributed by atoms with Crippen molar-refractivity contribution in [1.82, 2.24) is 4.98 Å². The Bertz CT molecular complexity index is 564. The van der Waals surface area contributed by atoms with Crippen LogP contribution in [0.2, 0.25) is 0 Å². The summed E-state index contributed by atoms with van der Waals surface area (Å²) in [4.78, 5) is 3.86. The highest BCUT2D eigenvalue weighted by atomic mass is 32.1. The highest BCUT2D eigenvalue weighted by molar-refractivity contribution is 7.14. The fourth-order valence-electron chi connectivity index (χ4n) is 1.41. The number of nitrogens with zero attached hydrogens (tertiary/aromatic N) is 1. The summed E-state index contributed by atoms with van der Waals surface area (Å²) in [5.74, 6) is 3.77. The fourth-order valence-corrected chi connectivity index (χ4v) is 2.03. The topological polar surface area (TPSA) is 50.9 Å². The van der Waals surface area contributed by atoms with Crippen LogP contribution in [-0.4, -0.2) is 4.98 Å². The molecule has 0 amide bonds. The molecular weight excluding hydrogens is 270 g/mol. The molecular formula is C10H7F4N3S. The molecule has 2 rings (SSSR count). The zero-order valence-electron chi connectivity index (χ0n) is 8.75. The van der Waals surface area contributed by atoms with Crippen LogP contribution in [0.3, 0.4) is 0 Å². The number of hydrogen-bond acceptors (Lipinski definition) is 4. The Balaban J connectivity index is 2.52. The Labute approximate surface area is 103 Å². The highest BCUT2D eigenvalue weighted by Gasteiger charge is 2.35. The van der Waals surface area contributed by atoms with Gasteiger partial charge in [-0.25, -0.2) is 15.2 Å². The van der Waals surface area contributed by atoms with Crippen LogP contribution < -0.4 is 11.3 Å². The number of nitrogen functional groups attached to an aromatic ring is 1. The molecule has 0 spiro atoms. The summed E-state index contributed by atoms with van der Waals surface area (Å²) in [6, 6.07) is 3.06. The van der Waals surface area contributed by atoms with Gasteiger partial charge in [-0.1, -0.05) is 6.07 Å². The van der Waals surface area contributed by atoms with E-state index in [4.69, 9.17) is 5.84 Å². The molecule has 0 unspecified atom stereocenters. The fraction of sp³-hybridized carbons (Fsp3) is 0.100. The van der Waals surface area contributed by atoms with Gasteiger partial charge in [0, 0.05) is 10.9 Å². The first kappa shape index (κ1) is 12.8. The van der Waals surface area contributed by atoms with E-state index in [1.807, 2.05) is 0 Å². The average Bonchev–Trinajstić information content (AvgIpc) is 2.76. The predicted octanol–water partition coefficient (Wildman–Crippen LogP) is 3.25. The first-order chi connectivity index (χ1) is 8.43. The van der Waals surface area contributed by atoms with Gasteiger partial charge < -0.3 is 0 Å². The van der Waals surface area contributed by atoms with E-state index in [0.717, 1.165) is 17.4 Å². The quantitative estimate of drug-likeness (QED) is 0.503. The zero-order chi connectivity index (χ0) is 13.3. The number of hydrogen-bond donors (Lipinski definition) is 2. The van der Waals surface area contributed by atoms with Crippen molar-refractivity contribution in [2.24, 2.45) is 5.84 Å². The first-order valence-electron chi connectivity index (χ1n) is 4.71. The van der Waals surface area contributed by atoms with Gasteiger partial charge in [-0.2, -0.15) is 13.2 Å². The molecule has 1 heterocycles. The Hall–Kier alpha value is -1.67. The van der Waals surface area contributed by atoms with Gasteiger partial charge in [-0.05, 0) is 12.1 Å². The van der Waals surface area contributed by atoms with E-state index in [1.165, 1.54) is 11.4 Å². The van der Waals surface area contributed by atoms with E-state index in [1.54, 1.807) is 0 Å². The number of rotatable bonds is 2. The Morgan fingerprint density at radius 1 is 1.28 bits per heavy atom.